The molecule has 0 spiro atoms. The number of hydrogen-bond acceptors (Lipinski definition) is 5. The molecule has 5 nitrogen and oxygen atoms in total. The number of halogens is 2. The van der Waals surface area contributed by atoms with Gasteiger partial charge in [0.1, 0.15) is 12.1 Å². The molecule has 0 fully saturated rings. The molecule has 94 valence electrons. The molecule has 0 amide bonds. The van der Waals surface area contributed by atoms with E-state index in [9.17, 15) is 4.39 Å². The van der Waals surface area contributed by atoms with Crippen LogP contribution in [0.1, 0.15) is 0 Å². The van der Waals surface area contributed by atoms with Gasteiger partial charge in [-0.15, -0.1) is 0 Å². The number of anilines is 3. The maximum atomic E-state index is 13.2. The molecule has 1 aromatic carbocycles. The first-order chi connectivity index (χ1) is 8.61. The van der Waals surface area contributed by atoms with Gasteiger partial charge >= 0.3 is 0 Å². The molecule has 18 heavy (non-hydrogen) atoms. The molecule has 0 saturated heterocycles. The summed E-state index contributed by atoms with van der Waals surface area (Å²) in [5.74, 6) is 0.536. The lowest BCUT2D eigenvalue weighted by Gasteiger charge is -2.12. The van der Waals surface area contributed by atoms with Crippen molar-refractivity contribution >= 4 is 33.3 Å². The van der Waals surface area contributed by atoms with Crippen LogP contribution in [0.5, 0.6) is 5.75 Å². The number of nitrogens with two attached hydrogens (primary N) is 1. The van der Waals surface area contributed by atoms with Crippen molar-refractivity contribution in [2.24, 2.45) is 0 Å². The molecule has 1 aromatic heterocycles. The summed E-state index contributed by atoms with van der Waals surface area (Å²) in [4.78, 5) is 7.81. The van der Waals surface area contributed by atoms with Crippen molar-refractivity contribution in [3.05, 3.63) is 34.8 Å². The second-order valence-corrected chi connectivity index (χ2v) is 4.24. The average molecular weight is 313 g/mol. The fraction of sp³-hybridized carbons (Fsp3) is 0.0909. The highest BCUT2D eigenvalue weighted by atomic mass is 79.9. The largest absolute Gasteiger partial charge is 0.490 e. The number of nitrogens with zero attached hydrogens (tertiary/aromatic N) is 2. The van der Waals surface area contributed by atoms with Crippen LogP contribution in [-0.2, 0) is 0 Å². The predicted octanol–water partition coefficient (Wildman–Crippen LogP) is 2.71. The Kier molecular flexibility index (Phi) is 3.61. The van der Waals surface area contributed by atoms with Crippen LogP contribution in [-0.4, -0.2) is 17.1 Å². The van der Waals surface area contributed by atoms with Crippen LogP contribution in [0, 0.1) is 5.82 Å². The number of aromatic nitrogens is 2. The average Bonchev–Trinajstić information content (AvgIpc) is 2.34. The first-order valence-corrected chi connectivity index (χ1v) is 5.77. The Labute approximate surface area is 111 Å². The zero-order valence-electron chi connectivity index (χ0n) is 9.45. The van der Waals surface area contributed by atoms with Gasteiger partial charge < -0.3 is 15.8 Å². The first-order valence-electron chi connectivity index (χ1n) is 4.98. The highest BCUT2D eigenvalue weighted by Crippen LogP contribution is 2.32. The van der Waals surface area contributed by atoms with Crippen LogP contribution < -0.4 is 15.8 Å². The van der Waals surface area contributed by atoms with Crippen molar-refractivity contribution in [3.8, 4) is 5.75 Å². The van der Waals surface area contributed by atoms with Gasteiger partial charge in [-0.1, -0.05) is 0 Å². The maximum absolute atomic E-state index is 13.2. The van der Waals surface area contributed by atoms with E-state index < -0.39 is 0 Å². The zero-order valence-corrected chi connectivity index (χ0v) is 11.0. The molecule has 0 saturated carbocycles. The summed E-state index contributed by atoms with van der Waals surface area (Å²) in [6.45, 7) is 0. The van der Waals surface area contributed by atoms with Gasteiger partial charge in [-0.2, -0.15) is 0 Å². The minimum atomic E-state index is -0.360. The number of nitrogen functional groups attached to an aromatic ring is 1. The van der Waals surface area contributed by atoms with E-state index in [-0.39, 0.29) is 11.6 Å². The van der Waals surface area contributed by atoms with Crippen molar-refractivity contribution < 1.29 is 9.13 Å². The standard InChI is InChI=1S/C11H10BrFN4O/c1-18-9-10(14)15-5-16-11(9)17-8-4-6(13)2-3-7(8)12/h2-5H,1H3,(H3,14,15,16,17). The molecule has 2 aromatic rings. The van der Waals surface area contributed by atoms with Gasteiger partial charge in [0.25, 0.3) is 0 Å². The van der Waals surface area contributed by atoms with E-state index in [1.807, 2.05) is 0 Å². The predicted molar refractivity (Wildman–Crippen MR) is 70.4 cm³/mol. The van der Waals surface area contributed by atoms with Gasteiger partial charge in [0.2, 0.25) is 5.75 Å². The maximum Gasteiger partial charge on any atom is 0.204 e. The summed E-state index contributed by atoms with van der Waals surface area (Å²) in [7, 11) is 1.46. The van der Waals surface area contributed by atoms with Crippen molar-refractivity contribution in [3.63, 3.8) is 0 Å². The lowest BCUT2D eigenvalue weighted by Crippen LogP contribution is -2.03. The topological polar surface area (TPSA) is 73.1 Å². The molecule has 0 atom stereocenters. The summed E-state index contributed by atoms with van der Waals surface area (Å²) in [6.07, 6.45) is 1.30. The molecular formula is C11H10BrFN4O. The van der Waals surface area contributed by atoms with Crippen LogP contribution in [0.4, 0.5) is 21.7 Å². The molecule has 0 bridgehead atoms. The van der Waals surface area contributed by atoms with E-state index in [2.05, 4.69) is 31.2 Å². The van der Waals surface area contributed by atoms with Gasteiger partial charge in [0.05, 0.1) is 12.8 Å². The summed E-state index contributed by atoms with van der Waals surface area (Å²) in [5.41, 5.74) is 6.17. The Morgan fingerprint density at radius 1 is 1.39 bits per heavy atom. The van der Waals surface area contributed by atoms with Gasteiger partial charge in [0, 0.05) is 4.47 Å². The highest BCUT2D eigenvalue weighted by molar-refractivity contribution is 9.10. The third-order valence-corrected chi connectivity index (χ3v) is 2.91. The first kappa shape index (κ1) is 12.6. The number of methoxy groups -OCH3 is 1. The van der Waals surface area contributed by atoms with Gasteiger partial charge in [0.15, 0.2) is 11.6 Å². The number of hydrogen-bond donors (Lipinski definition) is 2. The SMILES string of the molecule is COc1c(N)ncnc1Nc1cc(F)ccc1Br. The molecule has 0 aliphatic carbocycles. The number of benzene rings is 1. The van der Waals surface area contributed by atoms with Crippen molar-refractivity contribution in [1.29, 1.82) is 0 Å². The Hall–Kier alpha value is -1.89. The zero-order chi connectivity index (χ0) is 13.1. The van der Waals surface area contributed by atoms with Crippen LogP contribution in [0.25, 0.3) is 0 Å². The van der Waals surface area contributed by atoms with E-state index >= 15 is 0 Å². The number of rotatable bonds is 3. The minimum absolute atomic E-state index is 0.211. The summed E-state index contributed by atoms with van der Waals surface area (Å²) < 4.78 is 19.0. The molecule has 0 aliphatic heterocycles. The fourth-order valence-corrected chi connectivity index (χ4v) is 1.74. The van der Waals surface area contributed by atoms with E-state index in [1.54, 1.807) is 6.07 Å². The Morgan fingerprint density at radius 3 is 2.89 bits per heavy atom. The highest BCUT2D eigenvalue weighted by Gasteiger charge is 2.11. The number of ether oxygens (including phenoxy) is 1. The molecule has 0 radical (unpaired) electrons. The molecule has 7 heteroatoms. The van der Waals surface area contributed by atoms with E-state index in [0.717, 1.165) is 0 Å². The molecule has 0 unspecified atom stereocenters. The van der Waals surface area contributed by atoms with Crippen molar-refractivity contribution in [2.45, 2.75) is 0 Å². The fourth-order valence-electron chi connectivity index (χ4n) is 1.40. The van der Waals surface area contributed by atoms with Crippen LogP contribution in [0.15, 0.2) is 29.0 Å². The monoisotopic (exact) mass is 312 g/mol. The van der Waals surface area contributed by atoms with E-state index in [0.29, 0.717) is 21.7 Å². The second-order valence-electron chi connectivity index (χ2n) is 3.39. The van der Waals surface area contributed by atoms with Gasteiger partial charge in [-0.3, -0.25) is 0 Å². The smallest absolute Gasteiger partial charge is 0.204 e. The summed E-state index contributed by atoms with van der Waals surface area (Å²) in [5, 5.41) is 2.93. The molecule has 3 N–H and O–H groups in total. The van der Waals surface area contributed by atoms with E-state index in [1.165, 1.54) is 25.6 Å². The molecular weight excluding hydrogens is 303 g/mol. The molecule has 2 rings (SSSR count). The summed E-state index contributed by atoms with van der Waals surface area (Å²) in [6, 6.07) is 4.28. The third kappa shape index (κ3) is 2.51. The lowest BCUT2D eigenvalue weighted by molar-refractivity contribution is 0.415. The Balaban J connectivity index is 2.40. The van der Waals surface area contributed by atoms with E-state index in [4.69, 9.17) is 10.5 Å². The second kappa shape index (κ2) is 5.18. The molecule has 1 heterocycles. The van der Waals surface area contributed by atoms with Gasteiger partial charge in [-0.05, 0) is 34.1 Å². The quantitative estimate of drug-likeness (QED) is 0.911. The third-order valence-electron chi connectivity index (χ3n) is 2.22. The normalized spacial score (nSPS) is 10.2. The molecule has 0 aliphatic rings. The van der Waals surface area contributed by atoms with Crippen LogP contribution in [0.3, 0.4) is 0 Å². The van der Waals surface area contributed by atoms with Gasteiger partial charge in [-0.25, -0.2) is 14.4 Å². The lowest BCUT2D eigenvalue weighted by atomic mass is 10.3. The van der Waals surface area contributed by atoms with Crippen molar-refractivity contribution in [1.82, 2.24) is 9.97 Å². The minimum Gasteiger partial charge on any atom is -0.490 e. The Bertz CT molecular complexity index is 579. The van der Waals surface area contributed by atoms with Crippen LogP contribution in [0.2, 0.25) is 0 Å². The Morgan fingerprint density at radius 2 is 2.17 bits per heavy atom. The summed E-state index contributed by atoms with van der Waals surface area (Å²) >= 11 is 3.31. The van der Waals surface area contributed by atoms with Crippen molar-refractivity contribution in [2.75, 3.05) is 18.2 Å². The number of nitrogens with one attached hydrogen (secondary N) is 1. The van der Waals surface area contributed by atoms with Crippen LogP contribution >= 0.6 is 15.9 Å².